The minimum absolute atomic E-state index is 0.553. The molecular weight excluding hydrogens is 278 g/mol. The summed E-state index contributed by atoms with van der Waals surface area (Å²) in [6.45, 7) is 11.1. The summed E-state index contributed by atoms with van der Waals surface area (Å²) >= 11 is 0. The molecule has 0 radical (unpaired) electrons. The Morgan fingerprint density at radius 1 is 0.913 bits per heavy atom. The molecule has 118 valence electrons. The lowest BCUT2D eigenvalue weighted by atomic mass is 9.93. The predicted molar refractivity (Wildman–Crippen MR) is 98.9 cm³/mol. The molecule has 0 aliphatic carbocycles. The molecule has 0 N–H and O–H groups in total. The quantitative estimate of drug-likeness (QED) is 0.560. The van der Waals surface area contributed by atoms with Gasteiger partial charge in [-0.3, -0.25) is 0 Å². The molecule has 0 aliphatic rings. The first-order valence-electron chi connectivity index (χ1n) is 8.39. The van der Waals surface area contributed by atoms with E-state index in [1.54, 1.807) is 0 Å². The zero-order chi connectivity index (χ0) is 16.7. The van der Waals surface area contributed by atoms with E-state index in [1.807, 2.05) is 0 Å². The van der Waals surface area contributed by atoms with Crippen molar-refractivity contribution in [3.63, 3.8) is 0 Å². The van der Waals surface area contributed by atoms with Gasteiger partial charge < -0.3 is 0 Å². The molecule has 23 heavy (non-hydrogen) atoms. The molecule has 0 saturated heterocycles. The molecule has 3 rings (SSSR count). The zero-order valence-corrected chi connectivity index (χ0v) is 15.1. The number of rotatable bonds is 2. The van der Waals surface area contributed by atoms with Gasteiger partial charge in [-0.25, -0.2) is 4.57 Å². The van der Waals surface area contributed by atoms with E-state index in [0.29, 0.717) is 5.92 Å². The van der Waals surface area contributed by atoms with E-state index in [2.05, 4.69) is 88.8 Å². The van der Waals surface area contributed by atoms with Gasteiger partial charge in [0.25, 0.3) is 0 Å². The first kappa shape index (κ1) is 15.7. The van der Waals surface area contributed by atoms with Gasteiger partial charge in [-0.05, 0) is 55.3 Å². The van der Waals surface area contributed by atoms with Crippen molar-refractivity contribution >= 4 is 10.8 Å². The number of fused-ring (bicyclic) bond motifs is 1. The van der Waals surface area contributed by atoms with Crippen LogP contribution in [0.5, 0.6) is 0 Å². The fraction of sp³-hybridized carbons (Fsp3) is 0.318. The van der Waals surface area contributed by atoms with Crippen LogP contribution in [-0.2, 0) is 7.05 Å². The number of hydrogen-bond acceptors (Lipinski definition) is 0. The van der Waals surface area contributed by atoms with Gasteiger partial charge in [-0.15, -0.1) is 0 Å². The molecule has 0 atom stereocenters. The van der Waals surface area contributed by atoms with Crippen LogP contribution in [0.1, 0.15) is 42.0 Å². The maximum Gasteiger partial charge on any atom is 0.216 e. The van der Waals surface area contributed by atoms with Gasteiger partial charge in [-0.1, -0.05) is 43.7 Å². The van der Waals surface area contributed by atoms with E-state index in [-0.39, 0.29) is 0 Å². The summed E-state index contributed by atoms with van der Waals surface area (Å²) in [5.41, 5.74) is 8.05. The maximum atomic E-state index is 2.37. The fourth-order valence-electron chi connectivity index (χ4n) is 3.42. The molecule has 2 aromatic carbocycles. The molecule has 1 heteroatoms. The van der Waals surface area contributed by atoms with Crippen molar-refractivity contribution in [3.8, 4) is 11.3 Å². The molecule has 1 heterocycles. The van der Waals surface area contributed by atoms with E-state index in [4.69, 9.17) is 0 Å². The minimum atomic E-state index is 0.553. The third-order valence-corrected chi connectivity index (χ3v) is 4.84. The second-order valence-electron chi connectivity index (χ2n) is 7.03. The van der Waals surface area contributed by atoms with E-state index in [0.717, 1.165) is 0 Å². The average Bonchev–Trinajstić information content (AvgIpc) is 2.50. The highest BCUT2D eigenvalue weighted by Crippen LogP contribution is 2.30. The van der Waals surface area contributed by atoms with Crippen molar-refractivity contribution in [3.05, 3.63) is 64.8 Å². The number of aromatic nitrogens is 1. The van der Waals surface area contributed by atoms with Crippen LogP contribution in [0, 0.1) is 20.8 Å². The summed E-state index contributed by atoms with van der Waals surface area (Å²) in [6, 6.07) is 13.6. The maximum absolute atomic E-state index is 2.37. The van der Waals surface area contributed by atoms with Gasteiger partial charge in [0.2, 0.25) is 5.69 Å². The van der Waals surface area contributed by atoms with Gasteiger partial charge in [0.1, 0.15) is 7.05 Å². The number of hydrogen-bond donors (Lipinski definition) is 0. The van der Waals surface area contributed by atoms with Gasteiger partial charge in [0.15, 0.2) is 6.20 Å². The van der Waals surface area contributed by atoms with Crippen LogP contribution in [0.4, 0.5) is 0 Å². The lowest BCUT2D eigenvalue weighted by Crippen LogP contribution is -2.32. The van der Waals surface area contributed by atoms with Crippen molar-refractivity contribution in [2.24, 2.45) is 7.05 Å². The predicted octanol–water partition coefficient (Wildman–Crippen LogP) is 5.38. The SMILES string of the molecule is Cc1ccc(C)c(-c2c(C)c3cc(C(C)C)ccc3c[n+]2C)c1. The Morgan fingerprint density at radius 2 is 1.65 bits per heavy atom. The van der Waals surface area contributed by atoms with Crippen molar-refractivity contribution in [2.45, 2.75) is 40.5 Å². The third kappa shape index (κ3) is 2.76. The van der Waals surface area contributed by atoms with Crippen LogP contribution < -0.4 is 4.57 Å². The van der Waals surface area contributed by atoms with Crippen molar-refractivity contribution in [2.75, 3.05) is 0 Å². The van der Waals surface area contributed by atoms with Gasteiger partial charge in [0, 0.05) is 16.5 Å². The van der Waals surface area contributed by atoms with Crippen molar-refractivity contribution in [1.29, 1.82) is 0 Å². The first-order chi connectivity index (χ1) is 10.9. The summed E-state index contributed by atoms with van der Waals surface area (Å²) in [6.07, 6.45) is 2.25. The topological polar surface area (TPSA) is 3.88 Å². The Kier molecular flexibility index (Phi) is 3.97. The van der Waals surface area contributed by atoms with E-state index < -0.39 is 0 Å². The Balaban J connectivity index is 2.34. The van der Waals surface area contributed by atoms with E-state index >= 15 is 0 Å². The summed E-state index contributed by atoms with van der Waals surface area (Å²) in [5, 5.41) is 2.67. The van der Waals surface area contributed by atoms with Crippen LogP contribution in [0.15, 0.2) is 42.6 Å². The highest BCUT2D eigenvalue weighted by atomic mass is 14.9. The molecule has 0 spiro atoms. The van der Waals surface area contributed by atoms with Gasteiger partial charge in [0.05, 0.1) is 0 Å². The molecule has 1 nitrogen and oxygen atoms in total. The molecular formula is C22H26N+. The smallest absolute Gasteiger partial charge is 0.200 e. The highest BCUT2D eigenvalue weighted by molar-refractivity contribution is 5.89. The normalized spacial score (nSPS) is 11.4. The number of benzene rings is 2. The molecule has 0 saturated carbocycles. The lowest BCUT2D eigenvalue weighted by molar-refractivity contribution is -0.659. The van der Waals surface area contributed by atoms with Crippen LogP contribution in [-0.4, -0.2) is 0 Å². The van der Waals surface area contributed by atoms with Crippen molar-refractivity contribution in [1.82, 2.24) is 0 Å². The zero-order valence-electron chi connectivity index (χ0n) is 15.1. The largest absolute Gasteiger partial charge is 0.216 e. The summed E-state index contributed by atoms with van der Waals surface area (Å²) in [5.74, 6) is 0.553. The van der Waals surface area contributed by atoms with Crippen LogP contribution >= 0.6 is 0 Å². The number of nitrogens with zero attached hydrogens (tertiary/aromatic N) is 1. The standard InChI is InChI=1S/C22H26N/c1-14(2)18-9-10-19-13-23(6)22(17(5)21(19)12-18)20-11-15(3)7-8-16(20)4/h7-14H,1-6H3/q+1. The molecule has 0 unspecified atom stereocenters. The van der Waals surface area contributed by atoms with Crippen molar-refractivity contribution < 1.29 is 4.57 Å². The Bertz CT molecular complexity index is 888. The number of pyridine rings is 1. The average molecular weight is 304 g/mol. The molecule has 3 aromatic rings. The fourth-order valence-corrected chi connectivity index (χ4v) is 3.42. The summed E-state index contributed by atoms with van der Waals surface area (Å²) in [4.78, 5) is 0. The highest BCUT2D eigenvalue weighted by Gasteiger charge is 2.19. The second kappa shape index (κ2) is 5.81. The van der Waals surface area contributed by atoms with E-state index in [1.165, 1.54) is 44.3 Å². The molecule has 1 aromatic heterocycles. The Hall–Kier alpha value is -2.15. The summed E-state index contributed by atoms with van der Waals surface area (Å²) < 4.78 is 2.27. The first-order valence-corrected chi connectivity index (χ1v) is 8.39. The number of aryl methyl sites for hydroxylation is 4. The molecule has 0 fully saturated rings. The van der Waals surface area contributed by atoms with E-state index in [9.17, 15) is 0 Å². The molecule has 0 amide bonds. The molecule has 0 aliphatic heterocycles. The Labute approximate surface area is 139 Å². The van der Waals surface area contributed by atoms with Gasteiger partial charge in [-0.2, -0.15) is 0 Å². The monoisotopic (exact) mass is 304 g/mol. The third-order valence-electron chi connectivity index (χ3n) is 4.84. The van der Waals surface area contributed by atoms with Crippen LogP contribution in [0.3, 0.4) is 0 Å². The lowest BCUT2D eigenvalue weighted by Gasteiger charge is -2.13. The summed E-state index contributed by atoms with van der Waals surface area (Å²) in [7, 11) is 2.15. The minimum Gasteiger partial charge on any atom is -0.200 e. The molecule has 0 bridgehead atoms. The van der Waals surface area contributed by atoms with Gasteiger partial charge >= 0.3 is 0 Å². The Morgan fingerprint density at radius 3 is 2.35 bits per heavy atom. The second-order valence-corrected chi connectivity index (χ2v) is 7.03. The van der Waals surface area contributed by atoms with Crippen LogP contribution in [0.25, 0.3) is 22.0 Å². The van der Waals surface area contributed by atoms with Crippen LogP contribution in [0.2, 0.25) is 0 Å².